The van der Waals surface area contributed by atoms with Gasteiger partial charge in [-0.05, 0) is 47.9 Å². The molecule has 0 saturated heterocycles. The highest BCUT2D eigenvalue weighted by molar-refractivity contribution is 7.17. The summed E-state index contributed by atoms with van der Waals surface area (Å²) in [7, 11) is 0. The molecular formula is C24H19ClN4O5S. The monoisotopic (exact) mass is 510 g/mol. The number of benzene rings is 2. The van der Waals surface area contributed by atoms with Crippen molar-refractivity contribution in [3.8, 4) is 0 Å². The molecule has 0 radical (unpaired) electrons. The Hall–Kier alpha value is -3.89. The first-order valence-electron chi connectivity index (χ1n) is 10.7. The summed E-state index contributed by atoms with van der Waals surface area (Å²) in [5.41, 5.74) is 8.61. The van der Waals surface area contributed by atoms with Crippen LogP contribution in [-0.4, -0.2) is 34.2 Å². The van der Waals surface area contributed by atoms with Crippen molar-refractivity contribution in [1.82, 2.24) is 9.88 Å². The second-order valence-electron chi connectivity index (χ2n) is 8.13. The van der Waals surface area contributed by atoms with Crippen LogP contribution in [-0.2, 0) is 24.2 Å². The van der Waals surface area contributed by atoms with Gasteiger partial charge in [0.2, 0.25) is 5.91 Å². The van der Waals surface area contributed by atoms with Crippen molar-refractivity contribution in [3.05, 3.63) is 85.2 Å². The minimum Gasteiger partial charge on any atom is -0.408 e. The number of aromatic amines is 1. The summed E-state index contributed by atoms with van der Waals surface area (Å²) in [6.45, 7) is 0.631. The number of thiophene rings is 1. The number of nitrogens with one attached hydrogen (secondary N) is 2. The van der Waals surface area contributed by atoms with Gasteiger partial charge in [0.05, 0.1) is 24.0 Å². The molecule has 178 valence electrons. The SMILES string of the molecule is NC(=O)c1c(NC(=O)Cc2cccc(Cl)c2)sc2c1CCN(C(=O)c1ccc3[nH]c(=O)oc3c1)C2. The Morgan fingerprint density at radius 1 is 1.20 bits per heavy atom. The van der Waals surface area contributed by atoms with E-state index in [1.54, 1.807) is 41.3 Å². The predicted octanol–water partition coefficient (Wildman–Crippen LogP) is 3.31. The maximum Gasteiger partial charge on any atom is 0.417 e. The summed E-state index contributed by atoms with van der Waals surface area (Å²) in [5.74, 6) is -1.76. The van der Waals surface area contributed by atoms with Crippen molar-refractivity contribution in [2.24, 2.45) is 5.73 Å². The number of fused-ring (bicyclic) bond motifs is 2. The lowest BCUT2D eigenvalue weighted by Gasteiger charge is -2.27. The molecule has 3 amide bonds. The minimum atomic E-state index is -0.631. The van der Waals surface area contributed by atoms with E-state index >= 15 is 0 Å². The zero-order valence-electron chi connectivity index (χ0n) is 18.2. The number of oxazole rings is 1. The molecule has 2 aromatic carbocycles. The summed E-state index contributed by atoms with van der Waals surface area (Å²) < 4.78 is 5.06. The lowest BCUT2D eigenvalue weighted by atomic mass is 10.0. The van der Waals surface area contributed by atoms with Crippen LogP contribution in [0.25, 0.3) is 11.1 Å². The number of hydrogen-bond acceptors (Lipinski definition) is 6. The Balaban J connectivity index is 1.36. The van der Waals surface area contributed by atoms with Gasteiger partial charge in [0, 0.05) is 22.0 Å². The third kappa shape index (κ3) is 4.58. The van der Waals surface area contributed by atoms with Gasteiger partial charge in [0.15, 0.2) is 5.58 Å². The van der Waals surface area contributed by atoms with Crippen molar-refractivity contribution >= 4 is 56.8 Å². The van der Waals surface area contributed by atoms with E-state index in [0.29, 0.717) is 39.7 Å². The summed E-state index contributed by atoms with van der Waals surface area (Å²) in [5, 5.41) is 3.71. The molecule has 0 atom stereocenters. The topological polar surface area (TPSA) is 138 Å². The maximum absolute atomic E-state index is 13.1. The first kappa shape index (κ1) is 22.9. The van der Waals surface area contributed by atoms with Gasteiger partial charge < -0.3 is 20.4 Å². The molecule has 4 aromatic rings. The number of anilines is 1. The Kier molecular flexibility index (Phi) is 5.91. The van der Waals surface area contributed by atoms with Gasteiger partial charge in [-0.3, -0.25) is 19.4 Å². The van der Waals surface area contributed by atoms with Crippen LogP contribution >= 0.6 is 22.9 Å². The summed E-state index contributed by atoms with van der Waals surface area (Å²) in [6, 6.07) is 11.7. The van der Waals surface area contributed by atoms with Crippen LogP contribution in [0.5, 0.6) is 0 Å². The minimum absolute atomic E-state index is 0.0870. The van der Waals surface area contributed by atoms with Crippen LogP contribution in [0, 0.1) is 0 Å². The van der Waals surface area contributed by atoms with Crippen LogP contribution in [0.4, 0.5) is 5.00 Å². The molecule has 3 heterocycles. The molecule has 4 N–H and O–H groups in total. The third-order valence-electron chi connectivity index (χ3n) is 5.77. The zero-order chi connectivity index (χ0) is 24.7. The van der Waals surface area contributed by atoms with E-state index in [9.17, 15) is 19.2 Å². The van der Waals surface area contributed by atoms with Crippen molar-refractivity contribution in [1.29, 1.82) is 0 Å². The van der Waals surface area contributed by atoms with Gasteiger partial charge in [-0.2, -0.15) is 0 Å². The number of primary amides is 1. The summed E-state index contributed by atoms with van der Waals surface area (Å²) in [6.07, 6.45) is 0.505. The Labute approximate surface area is 207 Å². The Morgan fingerprint density at radius 3 is 2.80 bits per heavy atom. The average molecular weight is 511 g/mol. The van der Waals surface area contributed by atoms with Crippen LogP contribution in [0.2, 0.25) is 5.02 Å². The quantitative estimate of drug-likeness (QED) is 0.378. The number of halogens is 1. The van der Waals surface area contributed by atoms with E-state index in [2.05, 4.69) is 10.3 Å². The second-order valence-corrected chi connectivity index (χ2v) is 9.67. The Bertz CT molecular complexity index is 1550. The molecule has 1 aliphatic rings. The maximum atomic E-state index is 13.1. The molecule has 0 spiro atoms. The molecule has 0 unspecified atom stereocenters. The van der Waals surface area contributed by atoms with E-state index < -0.39 is 11.7 Å². The van der Waals surface area contributed by atoms with E-state index in [-0.39, 0.29) is 30.3 Å². The normalized spacial score (nSPS) is 13.0. The Morgan fingerprint density at radius 2 is 2.03 bits per heavy atom. The van der Waals surface area contributed by atoms with Gasteiger partial charge in [0.1, 0.15) is 5.00 Å². The molecule has 2 aromatic heterocycles. The largest absolute Gasteiger partial charge is 0.417 e. The molecule has 1 aliphatic heterocycles. The second kappa shape index (κ2) is 9.05. The number of nitrogens with two attached hydrogens (primary N) is 1. The van der Waals surface area contributed by atoms with E-state index in [1.165, 1.54) is 17.4 Å². The van der Waals surface area contributed by atoms with Crippen molar-refractivity contribution in [2.45, 2.75) is 19.4 Å². The number of nitrogens with zero attached hydrogens (tertiary/aromatic N) is 1. The predicted molar refractivity (Wildman–Crippen MR) is 132 cm³/mol. The fraction of sp³-hybridized carbons (Fsp3) is 0.167. The molecule has 9 nitrogen and oxygen atoms in total. The van der Waals surface area contributed by atoms with E-state index in [0.717, 1.165) is 16.0 Å². The zero-order valence-corrected chi connectivity index (χ0v) is 19.8. The molecule has 0 fully saturated rings. The van der Waals surface area contributed by atoms with Crippen LogP contribution in [0.15, 0.2) is 51.7 Å². The number of hydrogen-bond donors (Lipinski definition) is 3. The summed E-state index contributed by atoms with van der Waals surface area (Å²) in [4.78, 5) is 54.4. The van der Waals surface area contributed by atoms with Crippen LogP contribution in [0.1, 0.15) is 36.7 Å². The smallest absolute Gasteiger partial charge is 0.408 e. The number of H-pyrrole nitrogens is 1. The molecule has 11 heteroatoms. The van der Waals surface area contributed by atoms with Crippen molar-refractivity contribution in [3.63, 3.8) is 0 Å². The number of carbonyl (C=O) groups excluding carboxylic acids is 3. The first-order chi connectivity index (χ1) is 16.8. The molecule has 5 rings (SSSR count). The van der Waals surface area contributed by atoms with E-state index in [1.807, 2.05) is 0 Å². The fourth-order valence-corrected chi connectivity index (χ4v) is 5.69. The van der Waals surface area contributed by atoms with Gasteiger partial charge in [-0.1, -0.05) is 23.7 Å². The highest BCUT2D eigenvalue weighted by atomic mass is 35.5. The highest BCUT2D eigenvalue weighted by Gasteiger charge is 2.30. The van der Waals surface area contributed by atoms with Crippen LogP contribution < -0.4 is 16.8 Å². The number of rotatable bonds is 5. The summed E-state index contributed by atoms with van der Waals surface area (Å²) >= 11 is 7.23. The van der Waals surface area contributed by atoms with Crippen LogP contribution in [0.3, 0.4) is 0 Å². The van der Waals surface area contributed by atoms with Gasteiger partial charge in [0.25, 0.3) is 11.8 Å². The highest BCUT2D eigenvalue weighted by Crippen LogP contribution is 2.37. The van der Waals surface area contributed by atoms with Gasteiger partial charge >= 0.3 is 5.76 Å². The number of aromatic nitrogens is 1. The number of amides is 3. The van der Waals surface area contributed by atoms with Crippen molar-refractivity contribution in [2.75, 3.05) is 11.9 Å². The molecule has 0 aliphatic carbocycles. The molecule has 0 bridgehead atoms. The number of carbonyl (C=O) groups is 3. The molecular weight excluding hydrogens is 492 g/mol. The van der Waals surface area contributed by atoms with Crippen molar-refractivity contribution < 1.29 is 18.8 Å². The molecule has 35 heavy (non-hydrogen) atoms. The molecule has 0 saturated carbocycles. The lowest BCUT2D eigenvalue weighted by Crippen LogP contribution is -2.35. The van der Waals surface area contributed by atoms with Gasteiger partial charge in [-0.25, -0.2) is 4.79 Å². The third-order valence-corrected chi connectivity index (χ3v) is 7.13. The standard InChI is InChI=1S/C24H19ClN4O5S/c25-14-3-1-2-12(8-14)9-19(30)28-22-20(21(26)31)15-6-7-29(11-18(15)35-22)23(32)13-4-5-16-17(10-13)34-24(33)27-16/h1-5,8,10H,6-7,9,11H2,(H2,26,31)(H,27,33)(H,28,30). The first-order valence-corrected chi connectivity index (χ1v) is 11.9. The lowest BCUT2D eigenvalue weighted by molar-refractivity contribution is -0.115. The average Bonchev–Trinajstić information content (AvgIpc) is 3.36. The van der Waals surface area contributed by atoms with Gasteiger partial charge in [-0.15, -0.1) is 11.3 Å². The van der Waals surface area contributed by atoms with E-state index in [4.69, 9.17) is 21.8 Å². The fourth-order valence-electron chi connectivity index (χ4n) is 4.19.